The quantitative estimate of drug-likeness (QED) is 0.509. The third-order valence-electron chi connectivity index (χ3n) is 1.37. The zero-order valence-electron chi connectivity index (χ0n) is 6.82. The number of nitriles is 1. The number of hydrogen-bond acceptors (Lipinski definition) is 2. The van der Waals surface area contributed by atoms with E-state index < -0.39 is 0 Å². The summed E-state index contributed by atoms with van der Waals surface area (Å²) in [6, 6.07) is 10.2. The molecule has 0 bridgehead atoms. The standard InChI is InChI=1S/C10H9NS/c1-9-3-5-10(6-4-9)12-8-2-7-11/h2-6,8H,1H3/b8-2+. The largest absolute Gasteiger partial charge is 0.193 e. The molecule has 12 heavy (non-hydrogen) atoms. The zero-order chi connectivity index (χ0) is 8.81. The zero-order valence-corrected chi connectivity index (χ0v) is 7.64. The molecule has 0 heterocycles. The lowest BCUT2D eigenvalue weighted by atomic mass is 10.2. The molecular formula is C10H9NS. The summed E-state index contributed by atoms with van der Waals surface area (Å²) in [5, 5.41) is 10.0. The monoisotopic (exact) mass is 175 g/mol. The van der Waals surface area contributed by atoms with E-state index in [2.05, 4.69) is 19.1 Å². The average molecular weight is 175 g/mol. The first-order valence-corrected chi connectivity index (χ1v) is 4.49. The molecule has 1 rings (SSSR count). The third kappa shape index (κ3) is 2.81. The van der Waals surface area contributed by atoms with Crippen molar-refractivity contribution in [1.29, 1.82) is 5.26 Å². The third-order valence-corrected chi connectivity index (χ3v) is 2.18. The number of aryl methyl sites for hydroxylation is 1. The highest BCUT2D eigenvalue weighted by Gasteiger charge is 1.88. The summed E-state index contributed by atoms with van der Waals surface area (Å²) in [6.45, 7) is 2.06. The Hall–Kier alpha value is -1.20. The molecule has 0 radical (unpaired) electrons. The molecule has 0 fully saturated rings. The van der Waals surface area contributed by atoms with E-state index in [1.807, 2.05) is 18.2 Å². The first kappa shape index (κ1) is 8.89. The molecule has 0 saturated carbocycles. The molecule has 2 heteroatoms. The van der Waals surface area contributed by atoms with Crippen LogP contribution < -0.4 is 0 Å². The van der Waals surface area contributed by atoms with Gasteiger partial charge >= 0.3 is 0 Å². The van der Waals surface area contributed by atoms with Crippen LogP contribution in [0.4, 0.5) is 0 Å². The molecule has 0 atom stereocenters. The molecule has 1 aromatic rings. The SMILES string of the molecule is Cc1ccc(S/C=C/C#N)cc1. The lowest BCUT2D eigenvalue weighted by molar-refractivity contribution is 1.38. The van der Waals surface area contributed by atoms with E-state index in [9.17, 15) is 0 Å². The lowest BCUT2D eigenvalue weighted by Crippen LogP contribution is -1.70. The van der Waals surface area contributed by atoms with Crippen LogP contribution in [-0.2, 0) is 0 Å². The topological polar surface area (TPSA) is 23.8 Å². The first-order valence-electron chi connectivity index (χ1n) is 3.61. The Bertz CT molecular complexity index is 306. The van der Waals surface area contributed by atoms with Crippen LogP contribution in [0, 0.1) is 18.3 Å². The van der Waals surface area contributed by atoms with E-state index >= 15 is 0 Å². The van der Waals surface area contributed by atoms with Crippen molar-refractivity contribution < 1.29 is 0 Å². The smallest absolute Gasteiger partial charge is 0.0917 e. The highest BCUT2D eigenvalue weighted by atomic mass is 32.2. The second-order valence-corrected chi connectivity index (χ2v) is 3.34. The Kier molecular flexibility index (Phi) is 3.43. The van der Waals surface area contributed by atoms with Crippen LogP contribution in [0.15, 0.2) is 40.6 Å². The van der Waals surface area contributed by atoms with Crippen molar-refractivity contribution in [3.8, 4) is 6.07 Å². The minimum absolute atomic E-state index is 1.16. The van der Waals surface area contributed by atoms with Crippen LogP contribution in [-0.4, -0.2) is 0 Å². The maximum atomic E-state index is 8.24. The predicted molar refractivity (Wildman–Crippen MR) is 51.8 cm³/mol. The summed E-state index contributed by atoms with van der Waals surface area (Å²) in [5.41, 5.74) is 1.25. The van der Waals surface area contributed by atoms with Gasteiger partial charge in [0, 0.05) is 11.0 Å². The van der Waals surface area contributed by atoms with Gasteiger partial charge in [-0.05, 0) is 24.5 Å². The Morgan fingerprint density at radius 3 is 2.58 bits per heavy atom. The van der Waals surface area contributed by atoms with E-state index in [-0.39, 0.29) is 0 Å². The Balaban J connectivity index is 2.60. The van der Waals surface area contributed by atoms with Gasteiger partial charge in [-0.1, -0.05) is 29.5 Å². The molecule has 0 amide bonds. The van der Waals surface area contributed by atoms with E-state index in [1.54, 1.807) is 17.2 Å². The normalized spacial score (nSPS) is 10.0. The molecule has 0 N–H and O–H groups in total. The van der Waals surface area contributed by atoms with Gasteiger partial charge in [0.1, 0.15) is 0 Å². The van der Waals surface area contributed by atoms with Crippen molar-refractivity contribution >= 4 is 11.8 Å². The highest BCUT2D eigenvalue weighted by Crippen LogP contribution is 2.18. The molecule has 0 aromatic heterocycles. The van der Waals surface area contributed by atoms with Gasteiger partial charge in [-0.2, -0.15) is 5.26 Å². The van der Waals surface area contributed by atoms with Gasteiger partial charge in [-0.15, -0.1) is 0 Å². The maximum absolute atomic E-state index is 8.24. The van der Waals surface area contributed by atoms with Gasteiger partial charge in [0.2, 0.25) is 0 Å². The summed E-state index contributed by atoms with van der Waals surface area (Å²) < 4.78 is 0. The molecular weight excluding hydrogens is 166 g/mol. The Morgan fingerprint density at radius 1 is 1.33 bits per heavy atom. The van der Waals surface area contributed by atoms with Gasteiger partial charge in [-0.25, -0.2) is 0 Å². The Labute approximate surface area is 76.7 Å². The number of thioether (sulfide) groups is 1. The van der Waals surface area contributed by atoms with Crippen LogP contribution >= 0.6 is 11.8 Å². The van der Waals surface area contributed by atoms with Crippen LogP contribution in [0.5, 0.6) is 0 Å². The van der Waals surface area contributed by atoms with Gasteiger partial charge in [0.05, 0.1) is 6.07 Å². The fraction of sp³-hybridized carbons (Fsp3) is 0.100. The second kappa shape index (κ2) is 4.63. The minimum Gasteiger partial charge on any atom is -0.193 e. The maximum Gasteiger partial charge on any atom is 0.0917 e. The molecule has 0 aliphatic rings. The molecule has 0 aliphatic carbocycles. The number of hydrogen-bond donors (Lipinski definition) is 0. The lowest BCUT2D eigenvalue weighted by Gasteiger charge is -1.95. The van der Waals surface area contributed by atoms with E-state index in [1.165, 1.54) is 11.6 Å². The van der Waals surface area contributed by atoms with Crippen molar-refractivity contribution in [3.63, 3.8) is 0 Å². The Morgan fingerprint density at radius 2 is 2.00 bits per heavy atom. The van der Waals surface area contributed by atoms with E-state index in [0.717, 1.165) is 4.90 Å². The van der Waals surface area contributed by atoms with Crippen molar-refractivity contribution in [2.75, 3.05) is 0 Å². The van der Waals surface area contributed by atoms with Crippen LogP contribution in [0.3, 0.4) is 0 Å². The minimum atomic E-state index is 1.16. The molecule has 1 aromatic carbocycles. The van der Waals surface area contributed by atoms with Crippen LogP contribution in [0.25, 0.3) is 0 Å². The van der Waals surface area contributed by atoms with Crippen LogP contribution in [0.1, 0.15) is 5.56 Å². The summed E-state index contributed by atoms with van der Waals surface area (Å²) in [5.74, 6) is 0. The van der Waals surface area contributed by atoms with Crippen LogP contribution in [0.2, 0.25) is 0 Å². The fourth-order valence-electron chi connectivity index (χ4n) is 0.760. The molecule has 0 spiro atoms. The second-order valence-electron chi connectivity index (χ2n) is 2.36. The average Bonchev–Trinajstić information content (AvgIpc) is 2.09. The van der Waals surface area contributed by atoms with Gasteiger partial charge in [0.15, 0.2) is 0 Å². The summed E-state index contributed by atoms with van der Waals surface area (Å²) >= 11 is 1.55. The molecule has 60 valence electrons. The molecule has 0 saturated heterocycles. The summed E-state index contributed by atoms with van der Waals surface area (Å²) in [7, 11) is 0. The van der Waals surface area contributed by atoms with Gasteiger partial charge in [-0.3, -0.25) is 0 Å². The van der Waals surface area contributed by atoms with E-state index in [4.69, 9.17) is 5.26 Å². The summed E-state index contributed by atoms with van der Waals surface area (Å²) in [6.07, 6.45) is 1.48. The van der Waals surface area contributed by atoms with Crippen molar-refractivity contribution in [3.05, 3.63) is 41.3 Å². The predicted octanol–water partition coefficient (Wildman–Crippen LogP) is 3.12. The number of allylic oxidation sites excluding steroid dienone is 1. The fourth-order valence-corrected chi connectivity index (χ4v) is 1.34. The number of nitrogens with zero attached hydrogens (tertiary/aromatic N) is 1. The van der Waals surface area contributed by atoms with Gasteiger partial charge < -0.3 is 0 Å². The van der Waals surface area contributed by atoms with Crippen molar-refractivity contribution in [2.24, 2.45) is 0 Å². The number of benzene rings is 1. The molecule has 0 unspecified atom stereocenters. The molecule has 0 aliphatic heterocycles. The number of rotatable bonds is 2. The highest BCUT2D eigenvalue weighted by molar-refractivity contribution is 8.02. The van der Waals surface area contributed by atoms with Crippen molar-refractivity contribution in [2.45, 2.75) is 11.8 Å². The van der Waals surface area contributed by atoms with Gasteiger partial charge in [0.25, 0.3) is 0 Å². The molecule has 1 nitrogen and oxygen atoms in total. The van der Waals surface area contributed by atoms with Crippen molar-refractivity contribution in [1.82, 2.24) is 0 Å². The van der Waals surface area contributed by atoms with E-state index in [0.29, 0.717) is 0 Å². The summed E-state index contributed by atoms with van der Waals surface area (Å²) in [4.78, 5) is 1.16. The first-order chi connectivity index (χ1) is 5.83.